The van der Waals surface area contributed by atoms with Gasteiger partial charge in [-0.3, -0.25) is 0 Å². The van der Waals surface area contributed by atoms with E-state index in [4.69, 9.17) is 10.00 Å². The molecule has 1 aliphatic heterocycles. The Balaban J connectivity index is 2.31. The van der Waals surface area contributed by atoms with Crippen LogP contribution in [-0.4, -0.2) is 19.7 Å². The van der Waals surface area contributed by atoms with Gasteiger partial charge in [-0.2, -0.15) is 5.26 Å². The third-order valence-electron chi connectivity index (χ3n) is 3.12. The second-order valence-electron chi connectivity index (χ2n) is 4.09. The average molecular weight is 216 g/mol. The first kappa shape index (κ1) is 10.8. The number of hydrogen-bond donors (Lipinski definition) is 0. The summed E-state index contributed by atoms with van der Waals surface area (Å²) in [5, 5.41) is 8.75. The summed E-state index contributed by atoms with van der Waals surface area (Å²) >= 11 is 0. The molecule has 3 heteroatoms. The van der Waals surface area contributed by atoms with Crippen LogP contribution in [0.15, 0.2) is 18.2 Å². The van der Waals surface area contributed by atoms with Crippen molar-refractivity contribution in [2.45, 2.75) is 25.8 Å². The highest BCUT2D eigenvalue weighted by atomic mass is 16.5. The molecule has 0 N–H and O–H groups in total. The fraction of sp³-hybridized carbons (Fsp3) is 0.462. The molecule has 84 valence electrons. The quantitative estimate of drug-likeness (QED) is 0.761. The van der Waals surface area contributed by atoms with E-state index in [1.54, 1.807) is 0 Å². The minimum atomic E-state index is 0.171. The van der Waals surface area contributed by atoms with Crippen LogP contribution in [0.2, 0.25) is 0 Å². The third-order valence-corrected chi connectivity index (χ3v) is 3.12. The number of fused-ring (bicyclic) bond motifs is 1. The van der Waals surface area contributed by atoms with Gasteiger partial charge in [0.15, 0.2) is 0 Å². The second-order valence-corrected chi connectivity index (χ2v) is 4.09. The Kier molecular flexibility index (Phi) is 3.00. The van der Waals surface area contributed by atoms with E-state index in [0.29, 0.717) is 13.0 Å². The van der Waals surface area contributed by atoms with Crippen molar-refractivity contribution in [3.8, 4) is 11.8 Å². The number of nitrogens with zero attached hydrogens (tertiary/aromatic N) is 2. The van der Waals surface area contributed by atoms with Crippen molar-refractivity contribution in [2.24, 2.45) is 0 Å². The summed E-state index contributed by atoms with van der Waals surface area (Å²) in [5.74, 6) is 0.925. The zero-order valence-electron chi connectivity index (χ0n) is 9.73. The monoisotopic (exact) mass is 216 g/mol. The first-order valence-corrected chi connectivity index (χ1v) is 5.61. The van der Waals surface area contributed by atoms with Gasteiger partial charge in [0.25, 0.3) is 0 Å². The smallest absolute Gasteiger partial charge is 0.142 e. The van der Waals surface area contributed by atoms with Crippen LogP contribution < -0.4 is 9.64 Å². The molecule has 2 rings (SSSR count). The summed E-state index contributed by atoms with van der Waals surface area (Å²) in [7, 11) is 2.03. The molecule has 0 fully saturated rings. The highest BCUT2D eigenvalue weighted by molar-refractivity contribution is 5.61. The molecule has 0 aliphatic carbocycles. The van der Waals surface area contributed by atoms with Crippen LogP contribution in [0.5, 0.6) is 5.75 Å². The van der Waals surface area contributed by atoms with Crippen molar-refractivity contribution >= 4 is 5.69 Å². The van der Waals surface area contributed by atoms with Crippen LogP contribution in [0.3, 0.4) is 0 Å². The molecule has 1 aromatic rings. The molecule has 0 aromatic heterocycles. The van der Waals surface area contributed by atoms with Crippen LogP contribution in [0.1, 0.15) is 18.9 Å². The lowest BCUT2D eigenvalue weighted by molar-refractivity contribution is 0.268. The lowest BCUT2D eigenvalue weighted by Crippen LogP contribution is -2.40. The fourth-order valence-electron chi connectivity index (χ4n) is 1.98. The van der Waals surface area contributed by atoms with Crippen molar-refractivity contribution in [1.82, 2.24) is 0 Å². The number of likely N-dealkylation sites (N-methyl/N-ethyl adjacent to an activating group) is 1. The molecule has 0 spiro atoms. The normalized spacial score (nSPS) is 18.6. The van der Waals surface area contributed by atoms with E-state index in [-0.39, 0.29) is 6.04 Å². The van der Waals surface area contributed by atoms with Gasteiger partial charge in [-0.15, -0.1) is 0 Å². The van der Waals surface area contributed by atoms with Crippen LogP contribution in [-0.2, 0) is 6.42 Å². The maximum absolute atomic E-state index is 8.75. The molecule has 0 radical (unpaired) electrons. The minimum Gasteiger partial charge on any atom is -0.489 e. The molecule has 1 atom stereocenters. The molecular weight excluding hydrogens is 200 g/mol. The number of rotatable bonds is 2. The first-order valence-electron chi connectivity index (χ1n) is 5.61. The Labute approximate surface area is 96.2 Å². The minimum absolute atomic E-state index is 0.171. The van der Waals surface area contributed by atoms with Crippen molar-refractivity contribution < 1.29 is 4.74 Å². The lowest BCUT2D eigenvalue weighted by Gasteiger charge is -2.34. The predicted octanol–water partition coefficient (Wildman–Crippen LogP) is 2.36. The predicted molar refractivity (Wildman–Crippen MR) is 63.7 cm³/mol. The van der Waals surface area contributed by atoms with Gasteiger partial charge in [0, 0.05) is 7.05 Å². The van der Waals surface area contributed by atoms with Crippen molar-refractivity contribution in [2.75, 3.05) is 18.6 Å². The zero-order chi connectivity index (χ0) is 11.5. The lowest BCUT2D eigenvalue weighted by atomic mass is 10.1. The Morgan fingerprint density at radius 3 is 3.06 bits per heavy atom. The molecule has 0 bridgehead atoms. The zero-order valence-corrected chi connectivity index (χ0v) is 9.73. The first-order chi connectivity index (χ1) is 7.76. The summed E-state index contributed by atoms with van der Waals surface area (Å²) in [6, 6.07) is 8.64. The molecule has 0 saturated heterocycles. The second kappa shape index (κ2) is 4.44. The molecule has 1 heterocycles. The number of anilines is 1. The van der Waals surface area contributed by atoms with E-state index in [9.17, 15) is 0 Å². The standard InChI is InChI=1S/C13H16N2O/c1-3-10-4-5-13-12(8-10)15(2)11(6-7-14)9-16-13/h4-5,8,11H,3,6,9H2,1-2H3. The van der Waals surface area contributed by atoms with Crippen LogP contribution in [0, 0.1) is 11.3 Å². The molecule has 16 heavy (non-hydrogen) atoms. The molecular formula is C13H16N2O. The van der Waals surface area contributed by atoms with Gasteiger partial charge in [-0.25, -0.2) is 0 Å². The van der Waals surface area contributed by atoms with Gasteiger partial charge >= 0.3 is 0 Å². The SMILES string of the molecule is CCc1ccc2c(c1)N(C)C(CC#N)CO2. The van der Waals surface area contributed by atoms with E-state index in [1.165, 1.54) is 5.56 Å². The molecule has 3 nitrogen and oxygen atoms in total. The van der Waals surface area contributed by atoms with Crippen LogP contribution >= 0.6 is 0 Å². The summed E-state index contributed by atoms with van der Waals surface area (Å²) in [6.45, 7) is 2.74. The van der Waals surface area contributed by atoms with E-state index in [2.05, 4.69) is 30.0 Å². The fourth-order valence-corrected chi connectivity index (χ4v) is 1.98. The molecule has 1 aliphatic rings. The third kappa shape index (κ3) is 1.83. The van der Waals surface area contributed by atoms with Gasteiger partial charge in [-0.1, -0.05) is 13.0 Å². The number of aryl methyl sites for hydroxylation is 1. The summed E-state index contributed by atoms with van der Waals surface area (Å²) in [6.07, 6.45) is 1.52. The number of nitriles is 1. The summed E-state index contributed by atoms with van der Waals surface area (Å²) in [5.41, 5.74) is 2.40. The summed E-state index contributed by atoms with van der Waals surface area (Å²) < 4.78 is 5.67. The van der Waals surface area contributed by atoms with Gasteiger partial charge in [0.05, 0.1) is 24.2 Å². The Morgan fingerprint density at radius 2 is 2.38 bits per heavy atom. The van der Waals surface area contributed by atoms with Gasteiger partial charge in [-0.05, 0) is 24.1 Å². The van der Waals surface area contributed by atoms with Gasteiger partial charge in [0.1, 0.15) is 12.4 Å². The maximum atomic E-state index is 8.75. The maximum Gasteiger partial charge on any atom is 0.142 e. The van der Waals surface area contributed by atoms with Crippen molar-refractivity contribution in [3.63, 3.8) is 0 Å². The van der Waals surface area contributed by atoms with Gasteiger partial charge < -0.3 is 9.64 Å². The highest BCUT2D eigenvalue weighted by Gasteiger charge is 2.24. The van der Waals surface area contributed by atoms with E-state index < -0.39 is 0 Å². The topological polar surface area (TPSA) is 36.3 Å². The van der Waals surface area contributed by atoms with Crippen molar-refractivity contribution in [1.29, 1.82) is 5.26 Å². The summed E-state index contributed by atoms with van der Waals surface area (Å²) in [4.78, 5) is 2.15. The molecule has 1 unspecified atom stereocenters. The Morgan fingerprint density at radius 1 is 1.56 bits per heavy atom. The van der Waals surface area contributed by atoms with E-state index >= 15 is 0 Å². The van der Waals surface area contributed by atoms with Gasteiger partial charge in [0.2, 0.25) is 0 Å². The molecule has 1 aromatic carbocycles. The van der Waals surface area contributed by atoms with E-state index in [0.717, 1.165) is 17.9 Å². The Bertz CT molecular complexity index is 422. The van der Waals surface area contributed by atoms with Crippen molar-refractivity contribution in [3.05, 3.63) is 23.8 Å². The largest absolute Gasteiger partial charge is 0.489 e. The Hall–Kier alpha value is -1.69. The molecule has 0 amide bonds. The highest BCUT2D eigenvalue weighted by Crippen LogP contribution is 2.34. The average Bonchev–Trinajstić information content (AvgIpc) is 2.33. The number of ether oxygens (including phenoxy) is 1. The molecule has 0 saturated carbocycles. The number of benzene rings is 1. The number of hydrogen-bond acceptors (Lipinski definition) is 3. The van der Waals surface area contributed by atoms with Crippen LogP contribution in [0.25, 0.3) is 0 Å². The van der Waals surface area contributed by atoms with E-state index in [1.807, 2.05) is 13.1 Å². The van der Waals surface area contributed by atoms with Crippen LogP contribution in [0.4, 0.5) is 5.69 Å².